The van der Waals surface area contributed by atoms with Crippen LogP contribution in [0, 0.1) is 5.92 Å². The predicted molar refractivity (Wildman–Crippen MR) is 82.0 cm³/mol. The van der Waals surface area contributed by atoms with E-state index >= 15 is 0 Å². The zero-order valence-electron chi connectivity index (χ0n) is 12.5. The molecule has 2 rings (SSSR count). The SMILES string of the molecule is CCCCCCCC(O)C1CCc2ccccc2C1=O. The lowest BCUT2D eigenvalue weighted by atomic mass is 9.79. The van der Waals surface area contributed by atoms with E-state index in [9.17, 15) is 9.90 Å². The van der Waals surface area contributed by atoms with E-state index in [4.69, 9.17) is 0 Å². The fourth-order valence-corrected chi connectivity index (χ4v) is 3.15. The Balaban J connectivity index is 1.86. The van der Waals surface area contributed by atoms with Crippen molar-refractivity contribution in [3.63, 3.8) is 0 Å². The summed E-state index contributed by atoms with van der Waals surface area (Å²) >= 11 is 0. The molecule has 1 N–H and O–H groups in total. The first kappa shape index (κ1) is 15.2. The Hall–Kier alpha value is -1.15. The van der Waals surface area contributed by atoms with E-state index in [0.717, 1.165) is 36.8 Å². The van der Waals surface area contributed by atoms with Crippen LogP contribution < -0.4 is 0 Å². The number of benzene rings is 1. The van der Waals surface area contributed by atoms with Crippen molar-refractivity contribution in [2.45, 2.75) is 64.4 Å². The normalized spacial score (nSPS) is 19.7. The molecule has 20 heavy (non-hydrogen) atoms. The Morgan fingerprint density at radius 1 is 1.20 bits per heavy atom. The second-order valence-electron chi connectivity index (χ2n) is 5.94. The molecule has 0 spiro atoms. The summed E-state index contributed by atoms with van der Waals surface area (Å²) in [5, 5.41) is 10.3. The third kappa shape index (κ3) is 3.69. The molecule has 1 aromatic carbocycles. The van der Waals surface area contributed by atoms with Gasteiger partial charge in [0, 0.05) is 11.5 Å². The first-order valence-electron chi connectivity index (χ1n) is 8.04. The van der Waals surface area contributed by atoms with Crippen LogP contribution in [-0.4, -0.2) is 17.0 Å². The van der Waals surface area contributed by atoms with Gasteiger partial charge in [-0.05, 0) is 24.8 Å². The summed E-state index contributed by atoms with van der Waals surface area (Å²) in [7, 11) is 0. The summed E-state index contributed by atoms with van der Waals surface area (Å²) in [4.78, 5) is 12.4. The number of Topliss-reactive ketones (excluding diaryl/α,β-unsaturated/α-hetero) is 1. The molecule has 0 aromatic heterocycles. The van der Waals surface area contributed by atoms with Crippen LogP contribution in [0.25, 0.3) is 0 Å². The first-order chi connectivity index (χ1) is 9.74. The van der Waals surface area contributed by atoms with Gasteiger partial charge >= 0.3 is 0 Å². The van der Waals surface area contributed by atoms with E-state index in [2.05, 4.69) is 6.92 Å². The number of ketones is 1. The molecule has 2 nitrogen and oxygen atoms in total. The van der Waals surface area contributed by atoms with Crippen LogP contribution in [0.3, 0.4) is 0 Å². The first-order valence-corrected chi connectivity index (χ1v) is 8.04. The second-order valence-corrected chi connectivity index (χ2v) is 5.94. The van der Waals surface area contributed by atoms with Crippen LogP contribution >= 0.6 is 0 Å². The third-order valence-corrected chi connectivity index (χ3v) is 4.41. The van der Waals surface area contributed by atoms with Gasteiger partial charge in [0.25, 0.3) is 0 Å². The van der Waals surface area contributed by atoms with Crippen LogP contribution in [-0.2, 0) is 6.42 Å². The van der Waals surface area contributed by atoms with Crippen molar-refractivity contribution in [1.82, 2.24) is 0 Å². The highest BCUT2D eigenvalue weighted by atomic mass is 16.3. The van der Waals surface area contributed by atoms with Crippen LogP contribution in [0.4, 0.5) is 0 Å². The zero-order valence-corrected chi connectivity index (χ0v) is 12.5. The highest BCUT2D eigenvalue weighted by molar-refractivity contribution is 6.00. The number of carbonyl (C=O) groups is 1. The highest BCUT2D eigenvalue weighted by Gasteiger charge is 2.31. The molecule has 1 aromatic rings. The molecule has 1 aliphatic carbocycles. The minimum absolute atomic E-state index is 0.146. The lowest BCUT2D eigenvalue weighted by Crippen LogP contribution is -2.32. The molecule has 110 valence electrons. The van der Waals surface area contributed by atoms with Gasteiger partial charge < -0.3 is 5.11 Å². The predicted octanol–water partition coefficient (Wildman–Crippen LogP) is 4.15. The molecule has 0 fully saturated rings. The molecule has 0 heterocycles. The molecule has 0 aliphatic heterocycles. The Labute approximate surface area is 122 Å². The molecule has 0 bridgehead atoms. The number of unbranched alkanes of at least 4 members (excludes halogenated alkanes) is 4. The molecule has 2 unspecified atom stereocenters. The number of aliphatic hydroxyl groups is 1. The van der Waals surface area contributed by atoms with E-state index in [1.54, 1.807) is 0 Å². The number of aryl methyl sites for hydroxylation is 1. The van der Waals surface area contributed by atoms with Crippen molar-refractivity contribution < 1.29 is 9.90 Å². The third-order valence-electron chi connectivity index (χ3n) is 4.41. The van der Waals surface area contributed by atoms with Crippen molar-refractivity contribution in [2.75, 3.05) is 0 Å². The van der Waals surface area contributed by atoms with Crippen molar-refractivity contribution in [2.24, 2.45) is 5.92 Å². The molecule has 2 heteroatoms. The smallest absolute Gasteiger partial charge is 0.168 e. The lowest BCUT2D eigenvalue weighted by molar-refractivity contribution is 0.0603. The fraction of sp³-hybridized carbons (Fsp3) is 0.611. The number of rotatable bonds is 7. The minimum atomic E-state index is -0.461. The van der Waals surface area contributed by atoms with Crippen LogP contribution in [0.5, 0.6) is 0 Å². The van der Waals surface area contributed by atoms with Crippen LogP contribution in [0.15, 0.2) is 24.3 Å². The van der Waals surface area contributed by atoms with E-state index in [-0.39, 0.29) is 11.7 Å². The number of hydrogen-bond acceptors (Lipinski definition) is 2. The van der Waals surface area contributed by atoms with Gasteiger partial charge in [-0.15, -0.1) is 0 Å². The summed E-state index contributed by atoms with van der Waals surface area (Å²) in [6.45, 7) is 2.20. The van der Waals surface area contributed by atoms with E-state index in [1.165, 1.54) is 25.7 Å². The van der Waals surface area contributed by atoms with Gasteiger partial charge in [-0.2, -0.15) is 0 Å². The average Bonchev–Trinajstić information content (AvgIpc) is 2.47. The summed E-state index contributed by atoms with van der Waals surface area (Å²) in [5.41, 5.74) is 1.97. The zero-order chi connectivity index (χ0) is 14.4. The second kappa shape index (κ2) is 7.58. The highest BCUT2D eigenvalue weighted by Crippen LogP contribution is 2.29. The van der Waals surface area contributed by atoms with E-state index in [0.29, 0.717) is 0 Å². The summed E-state index contributed by atoms with van der Waals surface area (Å²) < 4.78 is 0. The largest absolute Gasteiger partial charge is 0.392 e. The maximum Gasteiger partial charge on any atom is 0.168 e. The molecular weight excluding hydrogens is 248 g/mol. The van der Waals surface area contributed by atoms with Crippen molar-refractivity contribution in [3.8, 4) is 0 Å². The number of carbonyl (C=O) groups excluding carboxylic acids is 1. The standard InChI is InChI=1S/C18H26O2/c1-2-3-4-5-6-11-17(19)16-13-12-14-9-7-8-10-15(14)18(16)20/h7-10,16-17,19H,2-6,11-13H2,1H3. The summed E-state index contributed by atoms with van der Waals surface area (Å²) in [6, 6.07) is 7.82. The topological polar surface area (TPSA) is 37.3 Å². The average molecular weight is 274 g/mol. The lowest BCUT2D eigenvalue weighted by Gasteiger charge is -2.27. The molecule has 0 amide bonds. The van der Waals surface area contributed by atoms with Gasteiger partial charge in [0.15, 0.2) is 5.78 Å². The maximum absolute atomic E-state index is 12.4. The summed E-state index contributed by atoms with van der Waals surface area (Å²) in [5.74, 6) is -0.0380. The Bertz CT molecular complexity index is 439. The Morgan fingerprint density at radius 2 is 1.95 bits per heavy atom. The molecule has 1 aliphatic rings. The van der Waals surface area contributed by atoms with Crippen molar-refractivity contribution >= 4 is 5.78 Å². The quantitative estimate of drug-likeness (QED) is 0.758. The van der Waals surface area contributed by atoms with Gasteiger partial charge in [0.1, 0.15) is 0 Å². The van der Waals surface area contributed by atoms with Gasteiger partial charge in [0.05, 0.1) is 6.10 Å². The maximum atomic E-state index is 12.4. The van der Waals surface area contributed by atoms with Gasteiger partial charge in [0.2, 0.25) is 0 Å². The van der Waals surface area contributed by atoms with Gasteiger partial charge in [-0.3, -0.25) is 4.79 Å². The molecule has 2 atom stereocenters. The Kier molecular flexibility index (Phi) is 5.78. The number of aliphatic hydroxyl groups excluding tert-OH is 1. The number of hydrogen-bond donors (Lipinski definition) is 1. The monoisotopic (exact) mass is 274 g/mol. The van der Waals surface area contributed by atoms with Gasteiger partial charge in [-0.1, -0.05) is 63.3 Å². The molecular formula is C18H26O2. The molecule has 0 saturated heterocycles. The van der Waals surface area contributed by atoms with E-state index < -0.39 is 6.10 Å². The van der Waals surface area contributed by atoms with Crippen molar-refractivity contribution in [1.29, 1.82) is 0 Å². The summed E-state index contributed by atoms with van der Waals surface area (Å²) in [6.07, 6.45) is 7.97. The van der Waals surface area contributed by atoms with Crippen LogP contribution in [0.2, 0.25) is 0 Å². The van der Waals surface area contributed by atoms with Crippen molar-refractivity contribution in [3.05, 3.63) is 35.4 Å². The Morgan fingerprint density at radius 3 is 2.75 bits per heavy atom. The van der Waals surface area contributed by atoms with E-state index in [1.807, 2.05) is 24.3 Å². The van der Waals surface area contributed by atoms with Gasteiger partial charge in [-0.25, -0.2) is 0 Å². The fourth-order valence-electron chi connectivity index (χ4n) is 3.15. The van der Waals surface area contributed by atoms with Crippen LogP contribution in [0.1, 0.15) is 67.8 Å². The molecule has 0 radical (unpaired) electrons. The molecule has 0 saturated carbocycles. The minimum Gasteiger partial charge on any atom is -0.392 e. The number of fused-ring (bicyclic) bond motifs is 1.